The van der Waals surface area contributed by atoms with Gasteiger partial charge in [-0.2, -0.15) is 0 Å². The molecule has 1 aromatic carbocycles. The molecule has 0 saturated heterocycles. The number of hydrogen-bond acceptors (Lipinski definition) is 2. The fourth-order valence-electron chi connectivity index (χ4n) is 1.19. The molecular weight excluding hydrogens is 268 g/mol. The van der Waals surface area contributed by atoms with E-state index in [1.165, 1.54) is 6.07 Å². The van der Waals surface area contributed by atoms with Crippen LogP contribution in [0.2, 0.25) is 0 Å². The Morgan fingerprint density at radius 2 is 2.07 bits per heavy atom. The minimum absolute atomic E-state index is 0.0399. The largest absolute Gasteiger partial charge is 0.383 e. The summed E-state index contributed by atoms with van der Waals surface area (Å²) in [5.74, 6) is -1.23. The third-order valence-electron chi connectivity index (χ3n) is 1.83. The lowest BCUT2D eigenvalue weighted by atomic mass is 10.2. The summed E-state index contributed by atoms with van der Waals surface area (Å²) in [5.41, 5.74) is 0.257. The lowest BCUT2D eigenvalue weighted by molar-refractivity contribution is 0.190. The van der Waals surface area contributed by atoms with Gasteiger partial charge in [-0.05, 0) is 28.9 Å². The van der Waals surface area contributed by atoms with Crippen molar-refractivity contribution in [2.75, 3.05) is 19.0 Å². The van der Waals surface area contributed by atoms with E-state index in [2.05, 4.69) is 21.2 Å². The summed E-state index contributed by atoms with van der Waals surface area (Å²) < 4.78 is 31.3. The normalized spacial score (nSPS) is 12.6. The van der Waals surface area contributed by atoms with E-state index in [0.29, 0.717) is 6.61 Å². The zero-order valence-electron chi connectivity index (χ0n) is 8.48. The maximum atomic E-state index is 13.3. The summed E-state index contributed by atoms with van der Waals surface area (Å²) in [7, 11) is 1.56. The molecule has 0 aliphatic rings. The summed E-state index contributed by atoms with van der Waals surface area (Å²) in [4.78, 5) is 0. The van der Waals surface area contributed by atoms with E-state index < -0.39 is 11.6 Å². The maximum absolute atomic E-state index is 13.3. The van der Waals surface area contributed by atoms with Crippen LogP contribution in [0.4, 0.5) is 14.5 Å². The van der Waals surface area contributed by atoms with Crippen molar-refractivity contribution in [2.24, 2.45) is 0 Å². The van der Waals surface area contributed by atoms with Gasteiger partial charge in [0.1, 0.15) is 11.6 Å². The van der Waals surface area contributed by atoms with Gasteiger partial charge in [-0.3, -0.25) is 0 Å². The monoisotopic (exact) mass is 279 g/mol. The molecule has 0 spiro atoms. The summed E-state index contributed by atoms with van der Waals surface area (Å²) in [6, 6.07) is 2.17. The molecule has 0 bridgehead atoms. The number of anilines is 1. The molecule has 0 amide bonds. The van der Waals surface area contributed by atoms with Gasteiger partial charge in [-0.15, -0.1) is 0 Å². The smallest absolute Gasteiger partial charge is 0.149 e. The molecule has 1 atom stereocenters. The quantitative estimate of drug-likeness (QED) is 0.855. The second-order valence-electron chi connectivity index (χ2n) is 3.25. The number of hydrogen-bond donors (Lipinski definition) is 1. The predicted octanol–water partition coefficient (Wildman–Crippen LogP) is 3.17. The summed E-state index contributed by atoms with van der Waals surface area (Å²) in [6.45, 7) is 2.30. The van der Waals surface area contributed by atoms with Crippen molar-refractivity contribution in [3.8, 4) is 0 Å². The molecule has 1 aromatic rings. The second-order valence-corrected chi connectivity index (χ2v) is 4.10. The van der Waals surface area contributed by atoms with Gasteiger partial charge in [0.05, 0.1) is 16.8 Å². The van der Waals surface area contributed by atoms with Crippen LogP contribution in [-0.4, -0.2) is 19.8 Å². The Labute approximate surface area is 95.8 Å². The average Bonchev–Trinajstić information content (AvgIpc) is 2.14. The Morgan fingerprint density at radius 1 is 1.40 bits per heavy atom. The highest BCUT2D eigenvalue weighted by molar-refractivity contribution is 9.10. The number of halogens is 3. The fourth-order valence-corrected chi connectivity index (χ4v) is 1.53. The van der Waals surface area contributed by atoms with Gasteiger partial charge in [0.25, 0.3) is 0 Å². The molecule has 1 N–H and O–H groups in total. The van der Waals surface area contributed by atoms with Crippen LogP contribution in [0.15, 0.2) is 16.6 Å². The Kier molecular flexibility index (Phi) is 4.47. The summed E-state index contributed by atoms with van der Waals surface area (Å²) in [5, 5.41) is 2.88. The predicted molar refractivity (Wildman–Crippen MR) is 59.0 cm³/mol. The molecule has 0 heterocycles. The molecule has 0 aliphatic carbocycles. The third-order valence-corrected chi connectivity index (χ3v) is 2.44. The number of benzene rings is 1. The van der Waals surface area contributed by atoms with Crippen molar-refractivity contribution in [3.63, 3.8) is 0 Å². The molecule has 1 unspecified atom stereocenters. The topological polar surface area (TPSA) is 21.3 Å². The molecule has 15 heavy (non-hydrogen) atoms. The van der Waals surface area contributed by atoms with E-state index in [0.717, 1.165) is 6.07 Å². The number of ether oxygens (including phenoxy) is 1. The molecule has 5 heteroatoms. The van der Waals surface area contributed by atoms with Crippen LogP contribution in [0, 0.1) is 11.6 Å². The molecule has 0 saturated carbocycles. The van der Waals surface area contributed by atoms with Crippen molar-refractivity contribution >= 4 is 21.6 Å². The number of methoxy groups -OCH3 is 1. The van der Waals surface area contributed by atoms with Crippen LogP contribution in [0.1, 0.15) is 6.92 Å². The Balaban J connectivity index is 2.81. The highest BCUT2D eigenvalue weighted by atomic mass is 79.9. The van der Waals surface area contributed by atoms with Crippen LogP contribution in [0.5, 0.6) is 0 Å². The van der Waals surface area contributed by atoms with Crippen LogP contribution in [0.25, 0.3) is 0 Å². The molecule has 0 aromatic heterocycles. The van der Waals surface area contributed by atoms with Crippen molar-refractivity contribution in [1.29, 1.82) is 0 Å². The first-order valence-corrected chi connectivity index (χ1v) is 5.24. The van der Waals surface area contributed by atoms with Crippen molar-refractivity contribution in [3.05, 3.63) is 28.2 Å². The minimum Gasteiger partial charge on any atom is -0.383 e. The van der Waals surface area contributed by atoms with Crippen molar-refractivity contribution in [1.82, 2.24) is 0 Å². The first kappa shape index (κ1) is 12.4. The first-order chi connectivity index (χ1) is 7.04. The molecular formula is C10H12BrF2NO. The SMILES string of the molecule is COCC(C)Nc1cc(Br)c(F)cc1F. The Morgan fingerprint density at radius 3 is 2.67 bits per heavy atom. The van der Waals surface area contributed by atoms with E-state index >= 15 is 0 Å². The van der Waals surface area contributed by atoms with E-state index in [4.69, 9.17) is 4.74 Å². The number of nitrogens with one attached hydrogen (secondary N) is 1. The van der Waals surface area contributed by atoms with Crippen molar-refractivity contribution < 1.29 is 13.5 Å². The van der Waals surface area contributed by atoms with Crippen LogP contribution >= 0.6 is 15.9 Å². The molecule has 0 aliphatic heterocycles. The van der Waals surface area contributed by atoms with Gasteiger partial charge in [0.15, 0.2) is 0 Å². The lowest BCUT2D eigenvalue weighted by Gasteiger charge is -2.15. The highest BCUT2D eigenvalue weighted by Crippen LogP contribution is 2.24. The van der Waals surface area contributed by atoms with Gasteiger partial charge in [0.2, 0.25) is 0 Å². The molecule has 1 rings (SSSR count). The lowest BCUT2D eigenvalue weighted by Crippen LogP contribution is -2.21. The van der Waals surface area contributed by atoms with Crippen molar-refractivity contribution in [2.45, 2.75) is 13.0 Å². The Hall–Kier alpha value is -0.680. The Bertz CT molecular complexity index is 346. The van der Waals surface area contributed by atoms with Gasteiger partial charge in [-0.1, -0.05) is 0 Å². The highest BCUT2D eigenvalue weighted by Gasteiger charge is 2.10. The van der Waals surface area contributed by atoms with Crippen LogP contribution < -0.4 is 5.32 Å². The van der Waals surface area contributed by atoms with Gasteiger partial charge in [0, 0.05) is 19.2 Å². The van der Waals surface area contributed by atoms with Crippen LogP contribution in [-0.2, 0) is 4.74 Å². The van der Waals surface area contributed by atoms with E-state index in [-0.39, 0.29) is 16.2 Å². The second kappa shape index (κ2) is 5.42. The molecule has 84 valence electrons. The maximum Gasteiger partial charge on any atom is 0.149 e. The summed E-state index contributed by atoms with van der Waals surface area (Å²) in [6.07, 6.45) is 0. The molecule has 0 radical (unpaired) electrons. The standard InChI is InChI=1S/C10H12BrF2NO/c1-6(5-15-2)14-10-3-7(11)8(12)4-9(10)13/h3-4,6,14H,5H2,1-2H3. The number of rotatable bonds is 4. The average molecular weight is 280 g/mol. The van der Waals surface area contributed by atoms with Crippen LogP contribution in [0.3, 0.4) is 0 Å². The summed E-state index contributed by atoms with van der Waals surface area (Å²) >= 11 is 3.00. The first-order valence-electron chi connectivity index (χ1n) is 4.44. The molecule has 0 fully saturated rings. The van der Waals surface area contributed by atoms with Gasteiger partial charge in [-0.25, -0.2) is 8.78 Å². The fraction of sp³-hybridized carbons (Fsp3) is 0.400. The van der Waals surface area contributed by atoms with Gasteiger partial charge < -0.3 is 10.1 Å². The van der Waals surface area contributed by atoms with E-state index in [1.54, 1.807) is 7.11 Å². The molecule has 2 nitrogen and oxygen atoms in total. The minimum atomic E-state index is -0.613. The van der Waals surface area contributed by atoms with E-state index in [9.17, 15) is 8.78 Å². The zero-order valence-corrected chi connectivity index (χ0v) is 10.1. The zero-order chi connectivity index (χ0) is 11.4. The third kappa shape index (κ3) is 3.43. The van der Waals surface area contributed by atoms with Gasteiger partial charge >= 0.3 is 0 Å². The van der Waals surface area contributed by atoms with E-state index in [1.807, 2.05) is 6.92 Å².